The number of ether oxygens (including phenoxy) is 3. The number of halogens is 2. The predicted molar refractivity (Wildman–Crippen MR) is 138 cm³/mol. The number of hydrazone groups is 1. The van der Waals surface area contributed by atoms with Crippen LogP contribution in [0, 0.1) is 18.3 Å². The summed E-state index contributed by atoms with van der Waals surface area (Å²) in [5.74, 6) is 0.246. The number of amides is 1. The first kappa shape index (κ1) is 26.3. The maximum absolute atomic E-state index is 12.2. The molecule has 0 spiro atoms. The third-order valence-electron chi connectivity index (χ3n) is 4.60. The number of nitrogens with zero attached hydrogens (tertiary/aromatic N) is 3. The molecule has 3 aromatic rings. The van der Waals surface area contributed by atoms with Gasteiger partial charge in [-0.3, -0.25) is 4.79 Å². The molecule has 1 heterocycles. The number of methoxy groups -OCH3 is 1. The highest BCUT2D eigenvalue weighted by Gasteiger charge is 2.14. The van der Waals surface area contributed by atoms with E-state index < -0.39 is 5.91 Å². The van der Waals surface area contributed by atoms with Gasteiger partial charge in [-0.25, -0.2) is 10.4 Å². The summed E-state index contributed by atoms with van der Waals surface area (Å²) in [6.45, 7) is 2.08. The summed E-state index contributed by atoms with van der Waals surface area (Å²) in [4.78, 5) is 16.4. The van der Waals surface area contributed by atoms with E-state index in [1.54, 1.807) is 13.0 Å². The monoisotopic (exact) mass is 600 g/mol. The Balaban J connectivity index is 1.58. The standard InChI is InChI=1S/C25H22Br2N4O4/c1-16-8-19(14-33-2)20(11-28)25(30-16)35-15-23(32)31-29-12-18-9-21(26)24(22(27)10-18)34-13-17-6-4-3-5-7-17/h3-10,12H,13-15H2,1-2H3,(H,31,32)/b29-12-. The molecule has 2 aromatic carbocycles. The SMILES string of the molecule is COCc1cc(C)nc(OCC(=O)N/N=C\c2cc(Br)c(OCc3ccccc3)c(Br)c2)c1C#N. The van der Waals surface area contributed by atoms with Crippen molar-refractivity contribution >= 4 is 44.0 Å². The van der Waals surface area contributed by atoms with Crippen molar-refractivity contribution in [3.63, 3.8) is 0 Å². The first-order valence-electron chi connectivity index (χ1n) is 10.4. The van der Waals surface area contributed by atoms with Gasteiger partial charge in [0.05, 0.1) is 21.8 Å². The van der Waals surface area contributed by atoms with E-state index in [0.29, 0.717) is 23.6 Å². The zero-order valence-electron chi connectivity index (χ0n) is 19.0. The summed E-state index contributed by atoms with van der Waals surface area (Å²) < 4.78 is 18.0. The quantitative estimate of drug-likeness (QED) is 0.258. The Morgan fingerprint density at radius 1 is 1.14 bits per heavy atom. The maximum atomic E-state index is 12.2. The summed E-state index contributed by atoms with van der Waals surface area (Å²) in [5.41, 5.74) is 5.71. The Morgan fingerprint density at radius 2 is 1.86 bits per heavy atom. The Bertz CT molecular complexity index is 1240. The van der Waals surface area contributed by atoms with Crippen LogP contribution in [0.25, 0.3) is 0 Å². The van der Waals surface area contributed by atoms with Gasteiger partial charge in [-0.15, -0.1) is 0 Å². The molecule has 8 nitrogen and oxygen atoms in total. The number of nitriles is 1. The summed E-state index contributed by atoms with van der Waals surface area (Å²) in [7, 11) is 1.53. The van der Waals surface area contributed by atoms with E-state index in [-0.39, 0.29) is 24.7 Å². The lowest BCUT2D eigenvalue weighted by Gasteiger charge is -2.11. The summed E-state index contributed by atoms with van der Waals surface area (Å²) in [6.07, 6.45) is 1.50. The fourth-order valence-electron chi connectivity index (χ4n) is 3.07. The average molecular weight is 602 g/mol. The Morgan fingerprint density at radius 3 is 2.51 bits per heavy atom. The molecular formula is C25H22Br2N4O4. The zero-order chi connectivity index (χ0) is 25.2. The van der Waals surface area contributed by atoms with Crippen LogP contribution in [-0.4, -0.2) is 30.8 Å². The second kappa shape index (κ2) is 13.0. The van der Waals surface area contributed by atoms with Gasteiger partial charge in [0.1, 0.15) is 24.0 Å². The van der Waals surface area contributed by atoms with E-state index in [2.05, 4.69) is 47.4 Å². The summed E-state index contributed by atoms with van der Waals surface area (Å²) in [5, 5.41) is 13.4. The van der Waals surface area contributed by atoms with Crippen LogP contribution >= 0.6 is 31.9 Å². The van der Waals surface area contributed by atoms with Gasteiger partial charge in [-0.05, 0) is 68.1 Å². The fourth-order valence-corrected chi connectivity index (χ4v) is 4.52. The zero-order valence-corrected chi connectivity index (χ0v) is 22.2. The van der Waals surface area contributed by atoms with E-state index in [1.165, 1.54) is 13.3 Å². The van der Waals surface area contributed by atoms with E-state index in [0.717, 1.165) is 20.1 Å². The number of aromatic nitrogens is 1. The molecule has 35 heavy (non-hydrogen) atoms. The summed E-state index contributed by atoms with van der Waals surface area (Å²) in [6, 6.07) is 17.3. The van der Waals surface area contributed by atoms with Crippen molar-refractivity contribution in [3.05, 3.63) is 85.4 Å². The molecule has 0 saturated carbocycles. The normalized spacial score (nSPS) is 10.7. The third kappa shape index (κ3) is 7.62. The van der Waals surface area contributed by atoms with Crippen LogP contribution < -0.4 is 14.9 Å². The van der Waals surface area contributed by atoms with Crippen molar-refractivity contribution in [1.82, 2.24) is 10.4 Å². The van der Waals surface area contributed by atoms with Crippen LogP contribution in [-0.2, 0) is 22.7 Å². The molecule has 0 aliphatic rings. The molecule has 10 heteroatoms. The minimum Gasteiger partial charge on any atom is -0.487 e. The lowest BCUT2D eigenvalue weighted by molar-refractivity contribution is -0.123. The van der Waals surface area contributed by atoms with Gasteiger partial charge in [0.15, 0.2) is 6.61 Å². The second-order valence-electron chi connectivity index (χ2n) is 7.32. The van der Waals surface area contributed by atoms with Crippen LogP contribution in [0.3, 0.4) is 0 Å². The number of carbonyl (C=O) groups is 1. The number of pyridine rings is 1. The lowest BCUT2D eigenvalue weighted by atomic mass is 10.1. The Kier molecular flexibility index (Phi) is 9.78. The minimum atomic E-state index is -0.498. The highest BCUT2D eigenvalue weighted by molar-refractivity contribution is 9.11. The van der Waals surface area contributed by atoms with Crippen molar-refractivity contribution in [2.24, 2.45) is 5.10 Å². The van der Waals surface area contributed by atoms with Crippen molar-refractivity contribution in [1.29, 1.82) is 5.26 Å². The maximum Gasteiger partial charge on any atom is 0.278 e. The van der Waals surface area contributed by atoms with Crippen LogP contribution in [0.2, 0.25) is 0 Å². The van der Waals surface area contributed by atoms with Crippen molar-refractivity contribution in [2.45, 2.75) is 20.1 Å². The van der Waals surface area contributed by atoms with E-state index in [1.807, 2.05) is 48.5 Å². The van der Waals surface area contributed by atoms with E-state index in [9.17, 15) is 10.1 Å². The highest BCUT2D eigenvalue weighted by Crippen LogP contribution is 2.35. The smallest absolute Gasteiger partial charge is 0.278 e. The van der Waals surface area contributed by atoms with E-state index >= 15 is 0 Å². The average Bonchev–Trinajstić information content (AvgIpc) is 2.83. The largest absolute Gasteiger partial charge is 0.487 e. The minimum absolute atomic E-state index is 0.0811. The van der Waals surface area contributed by atoms with Crippen LogP contribution in [0.5, 0.6) is 11.6 Å². The third-order valence-corrected chi connectivity index (χ3v) is 5.78. The lowest BCUT2D eigenvalue weighted by Crippen LogP contribution is -2.25. The molecule has 0 unspecified atom stereocenters. The van der Waals surface area contributed by atoms with Crippen molar-refractivity contribution in [2.75, 3.05) is 13.7 Å². The number of rotatable bonds is 10. The molecule has 0 bridgehead atoms. The second-order valence-corrected chi connectivity index (χ2v) is 9.03. The number of aryl methyl sites for hydroxylation is 1. The number of nitrogens with one attached hydrogen (secondary N) is 1. The molecule has 1 N–H and O–H groups in total. The Hall–Kier alpha value is -3.26. The van der Waals surface area contributed by atoms with Crippen LogP contribution in [0.15, 0.2) is 62.6 Å². The summed E-state index contributed by atoms with van der Waals surface area (Å²) >= 11 is 7.03. The highest BCUT2D eigenvalue weighted by atomic mass is 79.9. The molecule has 0 aliphatic carbocycles. The molecular weight excluding hydrogens is 580 g/mol. The number of benzene rings is 2. The fraction of sp³-hybridized carbons (Fsp3) is 0.200. The number of carbonyl (C=O) groups excluding carboxylic acids is 1. The van der Waals surface area contributed by atoms with Gasteiger partial charge >= 0.3 is 0 Å². The molecule has 3 rings (SSSR count). The molecule has 0 atom stereocenters. The molecule has 0 fully saturated rings. The first-order chi connectivity index (χ1) is 16.9. The van der Waals surface area contributed by atoms with Gasteiger partial charge in [0.25, 0.3) is 5.91 Å². The molecule has 0 aliphatic heterocycles. The molecule has 180 valence electrons. The van der Waals surface area contributed by atoms with Gasteiger partial charge in [0, 0.05) is 18.4 Å². The van der Waals surface area contributed by atoms with Gasteiger partial charge in [-0.1, -0.05) is 30.3 Å². The topological polar surface area (TPSA) is 106 Å². The number of hydrogen-bond acceptors (Lipinski definition) is 7. The van der Waals surface area contributed by atoms with E-state index in [4.69, 9.17) is 14.2 Å². The van der Waals surface area contributed by atoms with Crippen LogP contribution in [0.4, 0.5) is 0 Å². The van der Waals surface area contributed by atoms with Crippen molar-refractivity contribution < 1.29 is 19.0 Å². The van der Waals surface area contributed by atoms with Crippen molar-refractivity contribution in [3.8, 4) is 17.7 Å². The Labute approximate surface area is 220 Å². The molecule has 1 amide bonds. The van der Waals surface area contributed by atoms with Gasteiger partial charge in [-0.2, -0.15) is 10.4 Å². The molecule has 0 saturated heterocycles. The molecule has 0 radical (unpaired) electrons. The van der Waals surface area contributed by atoms with Crippen LogP contribution in [0.1, 0.15) is 27.9 Å². The predicted octanol–water partition coefficient (Wildman–Crippen LogP) is 5.04. The first-order valence-corrected chi connectivity index (χ1v) is 12.0. The van der Waals surface area contributed by atoms with Gasteiger partial charge < -0.3 is 14.2 Å². The number of hydrogen-bond donors (Lipinski definition) is 1. The molecule has 1 aromatic heterocycles. The van der Waals surface area contributed by atoms with Gasteiger partial charge in [0.2, 0.25) is 5.88 Å².